The van der Waals surface area contributed by atoms with Crippen LogP contribution in [-0.2, 0) is 6.42 Å². The van der Waals surface area contributed by atoms with E-state index in [-0.39, 0.29) is 6.10 Å². The predicted molar refractivity (Wildman–Crippen MR) is 78.0 cm³/mol. The van der Waals surface area contributed by atoms with Crippen molar-refractivity contribution < 1.29 is 4.74 Å². The number of benzene rings is 1. The largest absolute Gasteiger partial charge is 0.491 e. The summed E-state index contributed by atoms with van der Waals surface area (Å²) in [5, 5.41) is 0. The van der Waals surface area contributed by atoms with E-state index in [1.807, 2.05) is 13.8 Å². The Bertz CT molecular complexity index is 329. The molecule has 0 aromatic heterocycles. The molecular weight excluding hydrogens is 222 g/mol. The van der Waals surface area contributed by atoms with Crippen LogP contribution in [0, 0.1) is 5.92 Å². The highest BCUT2D eigenvalue weighted by Crippen LogP contribution is 2.16. The van der Waals surface area contributed by atoms with Gasteiger partial charge in [0.2, 0.25) is 0 Å². The summed E-state index contributed by atoms with van der Waals surface area (Å²) in [6.45, 7) is 8.45. The topological polar surface area (TPSA) is 35.2 Å². The maximum atomic E-state index is 6.04. The van der Waals surface area contributed by atoms with Gasteiger partial charge in [-0.2, -0.15) is 0 Å². The normalized spacial score (nSPS) is 13.1. The number of nitrogens with two attached hydrogens (primary N) is 1. The quantitative estimate of drug-likeness (QED) is 0.798. The minimum atomic E-state index is 0.236. The van der Waals surface area contributed by atoms with Crippen LogP contribution in [0.4, 0.5) is 0 Å². The van der Waals surface area contributed by atoms with Crippen molar-refractivity contribution in [1.29, 1.82) is 0 Å². The van der Waals surface area contributed by atoms with E-state index in [0.29, 0.717) is 12.0 Å². The third kappa shape index (κ3) is 5.54. The third-order valence-corrected chi connectivity index (χ3v) is 3.15. The second-order valence-corrected chi connectivity index (χ2v) is 5.61. The fraction of sp³-hybridized carbons (Fsp3) is 0.625. The van der Waals surface area contributed by atoms with E-state index in [0.717, 1.165) is 25.0 Å². The molecule has 0 aliphatic rings. The van der Waals surface area contributed by atoms with Crippen molar-refractivity contribution >= 4 is 0 Å². The average molecular weight is 249 g/mol. The highest BCUT2D eigenvalue weighted by molar-refractivity contribution is 5.27. The molecule has 1 aromatic rings. The van der Waals surface area contributed by atoms with E-state index in [4.69, 9.17) is 10.5 Å². The maximum Gasteiger partial charge on any atom is 0.119 e. The Hall–Kier alpha value is -1.02. The van der Waals surface area contributed by atoms with E-state index >= 15 is 0 Å². The summed E-state index contributed by atoms with van der Waals surface area (Å²) in [6.07, 6.45) is 3.59. The van der Waals surface area contributed by atoms with Gasteiger partial charge in [-0.15, -0.1) is 0 Å². The van der Waals surface area contributed by atoms with Crippen LogP contribution in [0.2, 0.25) is 0 Å². The first kappa shape index (κ1) is 15.0. The average Bonchev–Trinajstić information content (AvgIpc) is 2.30. The lowest BCUT2D eigenvalue weighted by atomic mass is 9.98. The van der Waals surface area contributed by atoms with E-state index < -0.39 is 0 Å². The molecule has 0 aliphatic heterocycles. The molecule has 1 rings (SSSR count). The molecule has 0 aliphatic carbocycles. The SMILES string of the molecule is CC(C)Oc1ccc(CCCC(N)C(C)C)cc1. The van der Waals surface area contributed by atoms with Crippen LogP contribution in [0.3, 0.4) is 0 Å². The van der Waals surface area contributed by atoms with Crippen LogP contribution < -0.4 is 10.5 Å². The van der Waals surface area contributed by atoms with E-state index in [2.05, 4.69) is 38.1 Å². The molecule has 2 N–H and O–H groups in total. The Morgan fingerprint density at radius 1 is 1.06 bits per heavy atom. The number of aryl methyl sites for hydroxylation is 1. The third-order valence-electron chi connectivity index (χ3n) is 3.15. The summed E-state index contributed by atoms with van der Waals surface area (Å²) in [4.78, 5) is 0. The summed E-state index contributed by atoms with van der Waals surface area (Å²) < 4.78 is 5.62. The standard InChI is InChI=1S/C16H27NO/c1-12(2)16(17)7-5-6-14-8-10-15(11-9-14)18-13(3)4/h8-13,16H,5-7,17H2,1-4H3. The second kappa shape index (κ2) is 7.42. The zero-order valence-electron chi connectivity index (χ0n) is 12.1. The van der Waals surface area contributed by atoms with Gasteiger partial charge in [-0.25, -0.2) is 0 Å². The Morgan fingerprint density at radius 2 is 1.67 bits per heavy atom. The highest BCUT2D eigenvalue weighted by atomic mass is 16.5. The Morgan fingerprint density at radius 3 is 2.17 bits per heavy atom. The zero-order chi connectivity index (χ0) is 13.5. The molecule has 0 radical (unpaired) electrons. The van der Waals surface area contributed by atoms with Crippen LogP contribution >= 0.6 is 0 Å². The van der Waals surface area contributed by atoms with Gasteiger partial charge in [0, 0.05) is 6.04 Å². The van der Waals surface area contributed by atoms with Gasteiger partial charge >= 0.3 is 0 Å². The Balaban J connectivity index is 2.35. The Labute approximate surface area is 112 Å². The second-order valence-electron chi connectivity index (χ2n) is 5.61. The number of rotatable bonds is 7. The van der Waals surface area contributed by atoms with Crippen LogP contribution in [-0.4, -0.2) is 12.1 Å². The van der Waals surface area contributed by atoms with Crippen LogP contribution in [0.15, 0.2) is 24.3 Å². The molecule has 0 bridgehead atoms. The lowest BCUT2D eigenvalue weighted by Gasteiger charge is -2.15. The Kier molecular flexibility index (Phi) is 6.20. The summed E-state index contributed by atoms with van der Waals surface area (Å²) >= 11 is 0. The van der Waals surface area contributed by atoms with Crippen LogP contribution in [0.5, 0.6) is 5.75 Å². The van der Waals surface area contributed by atoms with E-state index in [1.165, 1.54) is 5.56 Å². The van der Waals surface area contributed by atoms with Gasteiger partial charge in [0.15, 0.2) is 0 Å². The van der Waals surface area contributed by atoms with Gasteiger partial charge in [0.1, 0.15) is 5.75 Å². The van der Waals surface area contributed by atoms with Crippen LogP contribution in [0.25, 0.3) is 0 Å². The molecule has 2 nitrogen and oxygen atoms in total. The first-order valence-corrected chi connectivity index (χ1v) is 7.00. The minimum Gasteiger partial charge on any atom is -0.491 e. The van der Waals surface area contributed by atoms with Gasteiger partial charge in [-0.3, -0.25) is 0 Å². The van der Waals surface area contributed by atoms with Gasteiger partial charge in [0.05, 0.1) is 6.10 Å². The van der Waals surface area contributed by atoms with Crippen molar-refractivity contribution in [2.24, 2.45) is 11.7 Å². The molecule has 102 valence electrons. The van der Waals surface area contributed by atoms with Gasteiger partial charge < -0.3 is 10.5 Å². The molecule has 1 unspecified atom stereocenters. The van der Waals surface area contributed by atoms with Gasteiger partial charge in [-0.05, 0) is 56.7 Å². The molecule has 0 heterocycles. The van der Waals surface area contributed by atoms with E-state index in [9.17, 15) is 0 Å². The van der Waals surface area contributed by atoms with Crippen molar-refractivity contribution in [2.45, 2.75) is 59.1 Å². The lowest BCUT2D eigenvalue weighted by molar-refractivity contribution is 0.242. The van der Waals surface area contributed by atoms with Crippen LogP contribution in [0.1, 0.15) is 46.1 Å². The molecule has 0 fully saturated rings. The molecule has 18 heavy (non-hydrogen) atoms. The molecule has 1 aromatic carbocycles. The first-order chi connectivity index (χ1) is 8.49. The summed E-state index contributed by atoms with van der Waals surface area (Å²) in [5.41, 5.74) is 7.40. The monoisotopic (exact) mass is 249 g/mol. The number of hydrogen-bond donors (Lipinski definition) is 1. The van der Waals surface area contributed by atoms with Crippen molar-refractivity contribution in [2.75, 3.05) is 0 Å². The molecule has 0 saturated heterocycles. The van der Waals surface area contributed by atoms with Crippen molar-refractivity contribution in [3.63, 3.8) is 0 Å². The van der Waals surface area contributed by atoms with Crippen molar-refractivity contribution in [3.05, 3.63) is 29.8 Å². The fourth-order valence-electron chi connectivity index (χ4n) is 1.88. The van der Waals surface area contributed by atoms with Crippen molar-refractivity contribution in [1.82, 2.24) is 0 Å². The number of hydrogen-bond acceptors (Lipinski definition) is 2. The maximum absolute atomic E-state index is 6.04. The predicted octanol–water partition coefficient (Wildman–Crippen LogP) is 3.78. The van der Waals surface area contributed by atoms with Crippen molar-refractivity contribution in [3.8, 4) is 5.75 Å². The fourth-order valence-corrected chi connectivity index (χ4v) is 1.88. The zero-order valence-corrected chi connectivity index (χ0v) is 12.1. The molecule has 1 atom stereocenters. The molecule has 0 saturated carbocycles. The molecule has 0 spiro atoms. The molecule has 2 heteroatoms. The van der Waals surface area contributed by atoms with Gasteiger partial charge in [-0.1, -0.05) is 26.0 Å². The van der Waals surface area contributed by atoms with E-state index in [1.54, 1.807) is 0 Å². The first-order valence-electron chi connectivity index (χ1n) is 7.00. The lowest BCUT2D eigenvalue weighted by Crippen LogP contribution is -2.26. The van der Waals surface area contributed by atoms with Gasteiger partial charge in [0.25, 0.3) is 0 Å². The minimum absolute atomic E-state index is 0.236. The summed E-state index contributed by atoms with van der Waals surface area (Å²) in [7, 11) is 0. The smallest absolute Gasteiger partial charge is 0.119 e. The molecular formula is C16H27NO. The number of ether oxygens (including phenoxy) is 1. The summed E-state index contributed by atoms with van der Waals surface area (Å²) in [6, 6.07) is 8.74. The highest BCUT2D eigenvalue weighted by Gasteiger charge is 2.06. The molecule has 0 amide bonds. The summed E-state index contributed by atoms with van der Waals surface area (Å²) in [5.74, 6) is 1.53.